The Morgan fingerprint density at radius 2 is 1.87 bits per heavy atom. The Morgan fingerprint density at radius 3 is 2.48 bits per heavy atom. The Kier molecular flexibility index (Phi) is 4.50. The number of amides is 1. The highest BCUT2D eigenvalue weighted by atomic mass is 16.5. The lowest BCUT2D eigenvalue weighted by Gasteiger charge is -2.36. The van der Waals surface area contributed by atoms with Crippen LogP contribution < -0.4 is 9.64 Å². The molecule has 1 aliphatic rings. The number of aromatic nitrogens is 2. The van der Waals surface area contributed by atoms with Crippen molar-refractivity contribution < 1.29 is 9.53 Å². The van der Waals surface area contributed by atoms with E-state index in [0.29, 0.717) is 13.1 Å². The first-order valence-corrected chi connectivity index (χ1v) is 7.87. The lowest BCUT2D eigenvalue weighted by molar-refractivity contribution is -0.133. The zero-order valence-electron chi connectivity index (χ0n) is 13.6. The maximum Gasteiger partial charge on any atom is 0.260 e. The van der Waals surface area contributed by atoms with Crippen molar-refractivity contribution in [2.75, 3.05) is 37.7 Å². The molecule has 1 fully saturated rings. The van der Waals surface area contributed by atoms with Crippen LogP contribution in [0.25, 0.3) is 0 Å². The van der Waals surface area contributed by atoms with Crippen LogP contribution in [0.15, 0.2) is 30.3 Å². The molecule has 2 heterocycles. The van der Waals surface area contributed by atoms with Gasteiger partial charge in [-0.2, -0.15) is 5.10 Å². The summed E-state index contributed by atoms with van der Waals surface area (Å²) in [5, 5.41) is 7.26. The number of para-hydroxylation sites is 1. The molecule has 0 atom stereocenters. The van der Waals surface area contributed by atoms with Gasteiger partial charge in [-0.1, -0.05) is 18.2 Å². The third kappa shape index (κ3) is 3.47. The summed E-state index contributed by atoms with van der Waals surface area (Å²) in [6.07, 6.45) is 0. The van der Waals surface area contributed by atoms with E-state index in [4.69, 9.17) is 4.74 Å². The zero-order valence-corrected chi connectivity index (χ0v) is 13.6. The van der Waals surface area contributed by atoms with Crippen LogP contribution in [0.4, 0.5) is 5.69 Å². The van der Waals surface area contributed by atoms with E-state index in [1.54, 1.807) is 0 Å². The average Bonchev–Trinajstić information content (AvgIpc) is 2.92. The molecule has 0 unspecified atom stereocenters. The number of nitrogens with one attached hydrogen (secondary N) is 1. The number of nitrogens with zero attached hydrogens (tertiary/aromatic N) is 3. The Hall–Kier alpha value is -2.50. The first-order valence-electron chi connectivity index (χ1n) is 7.87. The molecule has 1 saturated heterocycles. The Labute approximate surface area is 136 Å². The van der Waals surface area contributed by atoms with Crippen LogP contribution in [0.3, 0.4) is 0 Å². The number of anilines is 1. The van der Waals surface area contributed by atoms with E-state index < -0.39 is 0 Å². The number of carbonyl (C=O) groups is 1. The van der Waals surface area contributed by atoms with Crippen LogP contribution in [0.2, 0.25) is 0 Å². The molecule has 6 nitrogen and oxygen atoms in total. The van der Waals surface area contributed by atoms with Gasteiger partial charge in [0.1, 0.15) is 5.75 Å². The molecule has 1 N–H and O–H groups in total. The molecule has 122 valence electrons. The number of ether oxygens (including phenoxy) is 1. The number of rotatable bonds is 4. The second-order valence-electron chi connectivity index (χ2n) is 5.75. The highest BCUT2D eigenvalue weighted by Crippen LogP contribution is 2.23. The summed E-state index contributed by atoms with van der Waals surface area (Å²) in [6, 6.07) is 9.43. The molecule has 1 aromatic carbocycles. The first kappa shape index (κ1) is 15.4. The molecule has 1 aromatic heterocycles. The number of hydrogen-bond donors (Lipinski definition) is 1. The molecular weight excluding hydrogens is 292 g/mol. The first-order chi connectivity index (χ1) is 11.1. The molecule has 2 aromatic rings. The van der Waals surface area contributed by atoms with E-state index in [1.165, 1.54) is 0 Å². The lowest BCUT2D eigenvalue weighted by Crippen LogP contribution is -2.50. The number of aromatic amines is 1. The van der Waals surface area contributed by atoms with Crippen LogP contribution in [0, 0.1) is 13.8 Å². The van der Waals surface area contributed by atoms with Gasteiger partial charge in [0.15, 0.2) is 6.61 Å². The number of aryl methyl sites for hydroxylation is 2. The molecule has 1 amide bonds. The Balaban J connectivity index is 1.51. The fourth-order valence-electron chi connectivity index (χ4n) is 2.94. The van der Waals surface area contributed by atoms with Gasteiger partial charge in [-0.3, -0.25) is 9.89 Å². The van der Waals surface area contributed by atoms with E-state index in [1.807, 2.05) is 49.1 Å². The monoisotopic (exact) mass is 314 g/mol. The van der Waals surface area contributed by atoms with Crippen LogP contribution in [0.1, 0.15) is 11.4 Å². The zero-order chi connectivity index (χ0) is 16.2. The molecule has 0 aliphatic carbocycles. The van der Waals surface area contributed by atoms with Crippen molar-refractivity contribution in [1.29, 1.82) is 0 Å². The Bertz CT molecular complexity index is 641. The number of benzene rings is 1. The Morgan fingerprint density at radius 1 is 1.17 bits per heavy atom. The maximum atomic E-state index is 12.3. The number of H-pyrrole nitrogens is 1. The van der Waals surface area contributed by atoms with Crippen molar-refractivity contribution in [2.24, 2.45) is 0 Å². The standard InChI is InChI=1S/C17H22N4O2/c1-13-17(14(2)19-18-13)21-10-8-20(9-11-21)16(22)12-23-15-6-4-3-5-7-15/h3-7H,8-12H2,1-2H3,(H,18,19). The van der Waals surface area contributed by atoms with Gasteiger partial charge >= 0.3 is 0 Å². The molecule has 23 heavy (non-hydrogen) atoms. The second kappa shape index (κ2) is 6.73. The highest BCUT2D eigenvalue weighted by molar-refractivity contribution is 5.78. The van der Waals surface area contributed by atoms with Gasteiger partial charge in [0.25, 0.3) is 5.91 Å². The predicted octanol–water partition coefficient (Wildman–Crippen LogP) is 1.75. The highest BCUT2D eigenvalue weighted by Gasteiger charge is 2.24. The van der Waals surface area contributed by atoms with Gasteiger partial charge in [0.05, 0.1) is 17.1 Å². The summed E-state index contributed by atoms with van der Waals surface area (Å²) < 4.78 is 5.54. The average molecular weight is 314 g/mol. The maximum absolute atomic E-state index is 12.3. The summed E-state index contributed by atoms with van der Waals surface area (Å²) in [5.41, 5.74) is 3.25. The molecule has 1 aliphatic heterocycles. The van der Waals surface area contributed by atoms with Crippen molar-refractivity contribution in [2.45, 2.75) is 13.8 Å². The van der Waals surface area contributed by atoms with Crippen molar-refractivity contribution in [1.82, 2.24) is 15.1 Å². The summed E-state index contributed by atoms with van der Waals surface area (Å²) in [5.74, 6) is 0.762. The van der Waals surface area contributed by atoms with Crippen LogP contribution in [-0.2, 0) is 4.79 Å². The minimum Gasteiger partial charge on any atom is -0.484 e. The minimum atomic E-state index is 0.0362. The van der Waals surface area contributed by atoms with Crippen LogP contribution in [-0.4, -0.2) is 53.8 Å². The number of piperazine rings is 1. The number of hydrogen-bond acceptors (Lipinski definition) is 4. The van der Waals surface area contributed by atoms with Gasteiger partial charge in [0.2, 0.25) is 0 Å². The molecule has 6 heteroatoms. The quantitative estimate of drug-likeness (QED) is 0.934. The van der Waals surface area contributed by atoms with E-state index in [9.17, 15) is 4.79 Å². The van der Waals surface area contributed by atoms with Gasteiger partial charge in [-0.05, 0) is 26.0 Å². The molecule has 0 spiro atoms. The van der Waals surface area contributed by atoms with Crippen LogP contribution >= 0.6 is 0 Å². The van der Waals surface area contributed by atoms with Gasteiger partial charge in [0, 0.05) is 26.2 Å². The van der Waals surface area contributed by atoms with Crippen molar-refractivity contribution in [3.8, 4) is 5.75 Å². The van der Waals surface area contributed by atoms with Crippen molar-refractivity contribution >= 4 is 11.6 Å². The fourth-order valence-corrected chi connectivity index (χ4v) is 2.94. The van der Waals surface area contributed by atoms with E-state index in [2.05, 4.69) is 15.1 Å². The second-order valence-corrected chi connectivity index (χ2v) is 5.75. The van der Waals surface area contributed by atoms with E-state index in [0.717, 1.165) is 35.9 Å². The van der Waals surface area contributed by atoms with E-state index >= 15 is 0 Å². The summed E-state index contributed by atoms with van der Waals surface area (Å²) in [6.45, 7) is 7.18. The SMILES string of the molecule is Cc1n[nH]c(C)c1N1CCN(C(=O)COc2ccccc2)CC1. The molecule has 3 rings (SSSR count). The third-order valence-corrected chi connectivity index (χ3v) is 4.14. The van der Waals surface area contributed by atoms with E-state index in [-0.39, 0.29) is 12.5 Å². The molecular formula is C17H22N4O2. The minimum absolute atomic E-state index is 0.0362. The predicted molar refractivity (Wildman–Crippen MR) is 88.8 cm³/mol. The lowest BCUT2D eigenvalue weighted by atomic mass is 10.2. The fraction of sp³-hybridized carbons (Fsp3) is 0.412. The molecule has 0 radical (unpaired) electrons. The largest absolute Gasteiger partial charge is 0.484 e. The summed E-state index contributed by atoms with van der Waals surface area (Å²) in [7, 11) is 0. The van der Waals surface area contributed by atoms with Crippen molar-refractivity contribution in [3.63, 3.8) is 0 Å². The van der Waals surface area contributed by atoms with Crippen molar-refractivity contribution in [3.05, 3.63) is 41.7 Å². The smallest absolute Gasteiger partial charge is 0.260 e. The molecule has 0 saturated carbocycles. The summed E-state index contributed by atoms with van der Waals surface area (Å²) >= 11 is 0. The van der Waals surface area contributed by atoms with Gasteiger partial charge in [-0.25, -0.2) is 0 Å². The van der Waals surface area contributed by atoms with Gasteiger partial charge in [-0.15, -0.1) is 0 Å². The number of carbonyl (C=O) groups excluding carboxylic acids is 1. The van der Waals surface area contributed by atoms with Gasteiger partial charge < -0.3 is 14.5 Å². The normalized spacial score (nSPS) is 14.9. The topological polar surface area (TPSA) is 61.5 Å². The summed E-state index contributed by atoms with van der Waals surface area (Å²) in [4.78, 5) is 16.4. The van der Waals surface area contributed by atoms with Crippen LogP contribution in [0.5, 0.6) is 5.75 Å². The molecule has 0 bridgehead atoms. The third-order valence-electron chi connectivity index (χ3n) is 4.14.